The van der Waals surface area contributed by atoms with E-state index in [0.717, 1.165) is 24.9 Å². The molecule has 1 aliphatic heterocycles. The second-order valence-electron chi connectivity index (χ2n) is 4.13. The third-order valence-corrected chi connectivity index (χ3v) is 3.06. The Morgan fingerprint density at radius 3 is 2.85 bits per heavy atom. The van der Waals surface area contributed by atoms with Crippen LogP contribution < -0.4 is 4.72 Å². The molecule has 1 fully saturated rings. The van der Waals surface area contributed by atoms with Crippen LogP contribution in [0.2, 0.25) is 0 Å². The summed E-state index contributed by atoms with van der Waals surface area (Å²) >= 11 is 3.98. The van der Waals surface area contributed by atoms with Gasteiger partial charge in [-0.25, -0.2) is 0 Å². The van der Waals surface area contributed by atoms with Crippen molar-refractivity contribution < 1.29 is 0 Å². The highest BCUT2D eigenvalue weighted by atomic mass is 32.1. The quantitative estimate of drug-likeness (QED) is 0.674. The molecule has 2 nitrogen and oxygen atoms in total. The molecular weight excluding hydrogens is 180 g/mol. The van der Waals surface area contributed by atoms with E-state index in [1.165, 1.54) is 18.7 Å². The SMILES string of the molecule is C=C1CC(C(C)C)CN1CCNS. The smallest absolute Gasteiger partial charge is 0.0309 e. The molecule has 0 amide bonds. The Morgan fingerprint density at radius 2 is 2.38 bits per heavy atom. The van der Waals surface area contributed by atoms with E-state index >= 15 is 0 Å². The van der Waals surface area contributed by atoms with Crippen molar-refractivity contribution in [1.82, 2.24) is 9.62 Å². The molecular formula is C10H20N2S. The second-order valence-corrected chi connectivity index (χ2v) is 4.44. The monoisotopic (exact) mass is 200 g/mol. The molecule has 0 aromatic heterocycles. The molecule has 3 heteroatoms. The molecule has 1 saturated heterocycles. The molecule has 0 aliphatic carbocycles. The van der Waals surface area contributed by atoms with Gasteiger partial charge in [0.2, 0.25) is 0 Å². The molecule has 76 valence electrons. The van der Waals surface area contributed by atoms with Gasteiger partial charge >= 0.3 is 0 Å². The van der Waals surface area contributed by atoms with Crippen LogP contribution in [-0.4, -0.2) is 24.5 Å². The maximum atomic E-state index is 4.09. The lowest BCUT2D eigenvalue weighted by atomic mass is 9.95. The first-order valence-corrected chi connectivity index (χ1v) is 5.39. The van der Waals surface area contributed by atoms with E-state index in [4.69, 9.17) is 0 Å². The maximum absolute atomic E-state index is 4.09. The summed E-state index contributed by atoms with van der Waals surface area (Å²) in [6, 6.07) is 0. The van der Waals surface area contributed by atoms with Gasteiger partial charge in [0.05, 0.1) is 0 Å². The minimum absolute atomic E-state index is 0.769. The number of nitrogens with one attached hydrogen (secondary N) is 1. The van der Waals surface area contributed by atoms with E-state index in [-0.39, 0.29) is 0 Å². The zero-order chi connectivity index (χ0) is 9.84. The minimum atomic E-state index is 0.769. The summed E-state index contributed by atoms with van der Waals surface area (Å²) in [4.78, 5) is 2.37. The van der Waals surface area contributed by atoms with E-state index in [2.05, 4.69) is 42.9 Å². The molecule has 13 heavy (non-hydrogen) atoms. The van der Waals surface area contributed by atoms with Crippen molar-refractivity contribution in [1.29, 1.82) is 0 Å². The largest absolute Gasteiger partial charge is 0.374 e. The minimum Gasteiger partial charge on any atom is -0.374 e. The van der Waals surface area contributed by atoms with Gasteiger partial charge in [-0.2, -0.15) is 0 Å². The second kappa shape index (κ2) is 4.91. The predicted octanol–water partition coefficient (Wildman–Crippen LogP) is 1.91. The number of likely N-dealkylation sites (tertiary alicyclic amines) is 1. The van der Waals surface area contributed by atoms with Gasteiger partial charge < -0.3 is 4.90 Å². The van der Waals surface area contributed by atoms with Crippen LogP contribution in [0.1, 0.15) is 20.3 Å². The standard InChI is InChI=1S/C10H20N2S/c1-8(2)10-6-9(3)12(7-10)5-4-11-13/h8,10-11,13H,3-7H2,1-2H3. The Hall–Kier alpha value is -0.150. The third kappa shape index (κ3) is 2.92. The Balaban J connectivity index is 2.37. The zero-order valence-electron chi connectivity index (χ0n) is 8.58. The van der Waals surface area contributed by atoms with Gasteiger partial charge in [0.15, 0.2) is 0 Å². The summed E-state index contributed by atoms with van der Waals surface area (Å²) in [5.74, 6) is 1.57. The van der Waals surface area contributed by atoms with Crippen molar-refractivity contribution in [2.24, 2.45) is 11.8 Å². The summed E-state index contributed by atoms with van der Waals surface area (Å²) in [5.41, 5.74) is 1.29. The fraction of sp³-hybridized carbons (Fsp3) is 0.800. The molecule has 1 rings (SSSR count). The van der Waals surface area contributed by atoms with Crippen molar-refractivity contribution in [3.8, 4) is 0 Å². The Kier molecular flexibility index (Phi) is 4.13. The topological polar surface area (TPSA) is 15.3 Å². The molecule has 0 aromatic rings. The van der Waals surface area contributed by atoms with Crippen LogP contribution in [0.15, 0.2) is 12.3 Å². The van der Waals surface area contributed by atoms with Crippen LogP contribution in [-0.2, 0) is 0 Å². The summed E-state index contributed by atoms with van der Waals surface area (Å²) in [6.45, 7) is 11.8. The number of allylic oxidation sites excluding steroid dienone is 1. The molecule has 0 saturated carbocycles. The predicted molar refractivity (Wildman–Crippen MR) is 60.6 cm³/mol. The van der Waals surface area contributed by atoms with Crippen molar-refractivity contribution in [2.75, 3.05) is 19.6 Å². The van der Waals surface area contributed by atoms with Gasteiger partial charge in [0.1, 0.15) is 0 Å². The number of nitrogens with zero attached hydrogens (tertiary/aromatic N) is 1. The van der Waals surface area contributed by atoms with E-state index < -0.39 is 0 Å². The summed E-state index contributed by atoms with van der Waals surface area (Å²) in [6.07, 6.45) is 1.17. The van der Waals surface area contributed by atoms with E-state index in [0.29, 0.717) is 0 Å². The summed E-state index contributed by atoms with van der Waals surface area (Å²) < 4.78 is 2.87. The Labute approximate surface area is 86.9 Å². The molecule has 1 aliphatic rings. The van der Waals surface area contributed by atoms with Crippen molar-refractivity contribution in [3.05, 3.63) is 12.3 Å². The van der Waals surface area contributed by atoms with Crippen LogP contribution in [0.3, 0.4) is 0 Å². The highest BCUT2D eigenvalue weighted by molar-refractivity contribution is 7.78. The molecule has 0 bridgehead atoms. The summed E-state index contributed by atoms with van der Waals surface area (Å²) in [5, 5.41) is 0. The number of hydrogen-bond donors (Lipinski definition) is 2. The van der Waals surface area contributed by atoms with Gasteiger partial charge in [-0.1, -0.05) is 33.2 Å². The average Bonchev–Trinajstić information content (AvgIpc) is 2.44. The number of thiol groups is 1. The normalized spacial score (nSPS) is 23.2. The Morgan fingerprint density at radius 1 is 1.69 bits per heavy atom. The number of hydrogen-bond acceptors (Lipinski definition) is 3. The zero-order valence-corrected chi connectivity index (χ0v) is 9.48. The number of rotatable bonds is 4. The highest BCUT2D eigenvalue weighted by Crippen LogP contribution is 2.29. The first kappa shape index (κ1) is 10.9. The van der Waals surface area contributed by atoms with Crippen LogP contribution in [0.25, 0.3) is 0 Å². The van der Waals surface area contributed by atoms with E-state index in [9.17, 15) is 0 Å². The lowest BCUT2D eigenvalue weighted by Gasteiger charge is -2.19. The van der Waals surface area contributed by atoms with Gasteiger partial charge in [-0.15, -0.1) is 0 Å². The molecule has 1 atom stereocenters. The molecule has 1 N–H and O–H groups in total. The lowest BCUT2D eigenvalue weighted by molar-refractivity contribution is 0.329. The molecule has 0 aromatic carbocycles. The van der Waals surface area contributed by atoms with Gasteiger partial charge in [-0.05, 0) is 18.3 Å². The molecule has 1 unspecified atom stereocenters. The average molecular weight is 200 g/mol. The maximum Gasteiger partial charge on any atom is 0.0309 e. The molecule has 0 radical (unpaired) electrons. The van der Waals surface area contributed by atoms with Crippen molar-refractivity contribution in [3.63, 3.8) is 0 Å². The van der Waals surface area contributed by atoms with Crippen LogP contribution in [0.4, 0.5) is 0 Å². The van der Waals surface area contributed by atoms with E-state index in [1.54, 1.807) is 0 Å². The van der Waals surface area contributed by atoms with Gasteiger partial charge in [0, 0.05) is 25.3 Å². The van der Waals surface area contributed by atoms with E-state index in [1.807, 2.05) is 0 Å². The van der Waals surface area contributed by atoms with Gasteiger partial charge in [0.25, 0.3) is 0 Å². The van der Waals surface area contributed by atoms with Crippen molar-refractivity contribution >= 4 is 12.8 Å². The Bertz CT molecular complexity index is 180. The summed E-state index contributed by atoms with van der Waals surface area (Å²) in [7, 11) is 0. The molecule has 1 heterocycles. The van der Waals surface area contributed by atoms with Gasteiger partial charge in [-0.3, -0.25) is 4.72 Å². The fourth-order valence-corrected chi connectivity index (χ4v) is 1.89. The van der Waals surface area contributed by atoms with Crippen LogP contribution >= 0.6 is 12.8 Å². The van der Waals surface area contributed by atoms with Crippen molar-refractivity contribution in [2.45, 2.75) is 20.3 Å². The first-order valence-electron chi connectivity index (χ1n) is 4.94. The first-order chi connectivity index (χ1) is 6.15. The third-order valence-electron chi connectivity index (χ3n) is 2.84. The highest BCUT2D eigenvalue weighted by Gasteiger charge is 2.26. The van der Waals surface area contributed by atoms with Crippen LogP contribution in [0.5, 0.6) is 0 Å². The fourth-order valence-electron chi connectivity index (χ4n) is 1.79. The van der Waals surface area contributed by atoms with Crippen LogP contribution in [0, 0.1) is 11.8 Å². The molecule has 0 spiro atoms. The lowest BCUT2D eigenvalue weighted by Crippen LogP contribution is -2.27.